The molecule has 0 spiro atoms. The molecule has 1 N–H and O–H groups in total. The van der Waals surface area contributed by atoms with Gasteiger partial charge in [0.1, 0.15) is 11.6 Å². The van der Waals surface area contributed by atoms with Crippen LogP contribution in [0.3, 0.4) is 0 Å². The molecule has 1 fully saturated rings. The average Bonchev–Trinajstić information content (AvgIpc) is 3.16. The maximum absolute atomic E-state index is 12.3. The van der Waals surface area contributed by atoms with Gasteiger partial charge in [0.15, 0.2) is 11.5 Å². The smallest absolute Gasteiger partial charge is 0.225 e. The summed E-state index contributed by atoms with van der Waals surface area (Å²) in [4.78, 5) is 19.1. The minimum atomic E-state index is -0.0781. The number of fused-ring (bicyclic) bond motifs is 1. The first-order valence-electron chi connectivity index (χ1n) is 9.69. The van der Waals surface area contributed by atoms with Crippen LogP contribution in [0, 0.1) is 11.3 Å². The molecule has 1 aromatic heterocycles. The number of hydrogen-bond donors (Lipinski definition) is 1. The molecule has 1 amide bonds. The maximum atomic E-state index is 12.3. The van der Waals surface area contributed by atoms with Gasteiger partial charge in [0.2, 0.25) is 5.91 Å². The summed E-state index contributed by atoms with van der Waals surface area (Å²) >= 11 is 6.02. The molecule has 7 heteroatoms. The number of anilines is 1. The molecule has 29 heavy (non-hydrogen) atoms. The summed E-state index contributed by atoms with van der Waals surface area (Å²) in [5, 5.41) is 12.6. The Morgan fingerprint density at radius 2 is 2.07 bits per heavy atom. The van der Waals surface area contributed by atoms with Gasteiger partial charge in [0.05, 0.1) is 11.3 Å². The van der Waals surface area contributed by atoms with Gasteiger partial charge in [0.25, 0.3) is 0 Å². The van der Waals surface area contributed by atoms with Crippen LogP contribution in [0.1, 0.15) is 36.6 Å². The largest absolute Gasteiger partial charge is 0.440 e. The number of hydrogen-bond acceptors (Lipinski definition) is 5. The van der Waals surface area contributed by atoms with E-state index in [2.05, 4.69) is 21.3 Å². The molecule has 0 aliphatic carbocycles. The van der Waals surface area contributed by atoms with Crippen LogP contribution < -0.4 is 5.32 Å². The molecule has 1 saturated heterocycles. The fourth-order valence-electron chi connectivity index (χ4n) is 3.66. The fraction of sp³-hybridized carbons (Fsp3) is 0.318. The van der Waals surface area contributed by atoms with Crippen LogP contribution in [0.15, 0.2) is 46.9 Å². The number of nitrogens with one attached hydrogen (secondary N) is 1. The molecule has 0 bridgehead atoms. The maximum Gasteiger partial charge on any atom is 0.225 e. The second kappa shape index (κ2) is 8.64. The Labute approximate surface area is 174 Å². The molecule has 0 saturated carbocycles. The lowest BCUT2D eigenvalue weighted by Crippen LogP contribution is -2.35. The number of carbonyl (C=O) groups is 1. The molecule has 0 atom stereocenters. The van der Waals surface area contributed by atoms with Crippen molar-refractivity contribution in [3.8, 4) is 6.07 Å². The van der Waals surface area contributed by atoms with Crippen molar-refractivity contribution in [2.75, 3.05) is 25.0 Å². The highest BCUT2D eigenvalue weighted by atomic mass is 35.5. The zero-order chi connectivity index (χ0) is 20.2. The van der Waals surface area contributed by atoms with Gasteiger partial charge < -0.3 is 14.6 Å². The summed E-state index contributed by atoms with van der Waals surface area (Å²) in [5.74, 6) is 0.979. The van der Waals surface area contributed by atoms with Gasteiger partial charge in [0, 0.05) is 23.9 Å². The third kappa shape index (κ3) is 4.58. The Kier molecular flexibility index (Phi) is 5.79. The van der Waals surface area contributed by atoms with Crippen molar-refractivity contribution in [2.24, 2.45) is 0 Å². The van der Waals surface area contributed by atoms with Gasteiger partial charge in [-0.2, -0.15) is 5.26 Å². The van der Waals surface area contributed by atoms with Crippen LogP contribution in [-0.4, -0.2) is 35.4 Å². The van der Waals surface area contributed by atoms with E-state index in [-0.39, 0.29) is 11.8 Å². The predicted molar refractivity (Wildman–Crippen MR) is 112 cm³/mol. The molecule has 4 rings (SSSR count). The number of amides is 1. The van der Waals surface area contributed by atoms with Gasteiger partial charge in [-0.15, -0.1) is 0 Å². The highest BCUT2D eigenvalue weighted by molar-refractivity contribution is 6.31. The number of halogens is 1. The average molecular weight is 409 g/mol. The van der Waals surface area contributed by atoms with Crippen LogP contribution in [0.2, 0.25) is 5.02 Å². The van der Waals surface area contributed by atoms with Crippen LogP contribution in [0.5, 0.6) is 0 Å². The van der Waals surface area contributed by atoms with Crippen molar-refractivity contribution < 1.29 is 9.21 Å². The Morgan fingerprint density at radius 3 is 2.86 bits per heavy atom. The molecule has 2 aromatic carbocycles. The second-order valence-corrected chi connectivity index (χ2v) is 7.67. The van der Waals surface area contributed by atoms with E-state index in [1.54, 1.807) is 24.3 Å². The summed E-state index contributed by atoms with van der Waals surface area (Å²) in [6.45, 7) is 2.48. The number of para-hydroxylation sites is 1. The molecular formula is C22H21ClN4O2. The number of rotatable bonds is 5. The fourth-order valence-corrected chi connectivity index (χ4v) is 3.82. The number of nitrogens with zero attached hydrogens (tertiary/aromatic N) is 3. The number of oxazole rings is 1. The first kappa shape index (κ1) is 19.4. The quantitative estimate of drug-likeness (QED) is 0.669. The van der Waals surface area contributed by atoms with Gasteiger partial charge in [-0.3, -0.25) is 4.79 Å². The van der Waals surface area contributed by atoms with Crippen molar-refractivity contribution in [2.45, 2.75) is 25.2 Å². The summed E-state index contributed by atoms with van der Waals surface area (Å²) in [6, 6.07) is 14.6. The minimum Gasteiger partial charge on any atom is -0.440 e. The van der Waals surface area contributed by atoms with E-state index in [1.807, 2.05) is 18.2 Å². The number of likely N-dealkylation sites (tertiary alicyclic amines) is 1. The third-order valence-electron chi connectivity index (χ3n) is 5.28. The van der Waals surface area contributed by atoms with Gasteiger partial charge in [-0.1, -0.05) is 23.7 Å². The minimum absolute atomic E-state index is 0.0781. The molecular weight excluding hydrogens is 388 g/mol. The van der Waals surface area contributed by atoms with Crippen LogP contribution >= 0.6 is 11.6 Å². The van der Waals surface area contributed by atoms with Crippen LogP contribution in [0.25, 0.3) is 11.1 Å². The normalized spacial score (nSPS) is 15.3. The number of carbonyl (C=O) groups excluding carboxylic acids is 1. The predicted octanol–water partition coefficient (Wildman–Crippen LogP) is 4.56. The van der Waals surface area contributed by atoms with Gasteiger partial charge in [-0.05, 0) is 56.3 Å². The van der Waals surface area contributed by atoms with E-state index in [0.717, 1.165) is 42.9 Å². The first-order valence-corrected chi connectivity index (χ1v) is 10.1. The van der Waals surface area contributed by atoms with E-state index in [0.29, 0.717) is 29.2 Å². The highest BCUT2D eigenvalue weighted by Gasteiger charge is 2.25. The Hall–Kier alpha value is -2.88. The zero-order valence-corrected chi connectivity index (χ0v) is 16.7. The molecule has 3 aromatic rings. The van der Waals surface area contributed by atoms with E-state index >= 15 is 0 Å². The first-order chi connectivity index (χ1) is 14.1. The van der Waals surface area contributed by atoms with Crippen molar-refractivity contribution in [3.05, 3.63) is 58.9 Å². The summed E-state index contributed by atoms with van der Waals surface area (Å²) in [5.41, 5.74) is 2.60. The Morgan fingerprint density at radius 1 is 1.28 bits per heavy atom. The van der Waals surface area contributed by atoms with E-state index in [1.165, 1.54) is 0 Å². The number of benzene rings is 2. The third-order valence-corrected chi connectivity index (χ3v) is 5.51. The Balaban J connectivity index is 1.27. The lowest BCUT2D eigenvalue weighted by atomic mass is 9.96. The highest BCUT2D eigenvalue weighted by Crippen LogP contribution is 2.30. The number of aromatic nitrogens is 1. The molecule has 2 heterocycles. The number of nitriles is 1. The van der Waals surface area contributed by atoms with Crippen molar-refractivity contribution in [1.29, 1.82) is 5.26 Å². The standard InChI is InChI=1S/C22H21ClN4O2/c23-17-5-6-20-19(13-17)26-22(29-20)15-7-10-27(11-8-15)12-9-21(28)25-18-4-2-1-3-16(18)14-24/h1-6,13,15H,7-12H2,(H,25,28). The SMILES string of the molecule is N#Cc1ccccc1NC(=O)CCN1CCC(c2nc3cc(Cl)ccc3o2)CC1. The van der Waals surface area contributed by atoms with Crippen molar-refractivity contribution in [1.82, 2.24) is 9.88 Å². The van der Waals surface area contributed by atoms with Crippen molar-refractivity contribution >= 4 is 34.3 Å². The molecule has 0 unspecified atom stereocenters. The van der Waals surface area contributed by atoms with E-state index in [4.69, 9.17) is 21.3 Å². The molecule has 0 radical (unpaired) electrons. The summed E-state index contributed by atoms with van der Waals surface area (Å²) in [6.07, 6.45) is 2.28. The lowest BCUT2D eigenvalue weighted by Gasteiger charge is -2.30. The molecule has 1 aliphatic rings. The molecule has 6 nitrogen and oxygen atoms in total. The monoisotopic (exact) mass is 408 g/mol. The number of piperidine rings is 1. The van der Waals surface area contributed by atoms with Gasteiger partial charge in [-0.25, -0.2) is 4.98 Å². The van der Waals surface area contributed by atoms with Gasteiger partial charge >= 0.3 is 0 Å². The van der Waals surface area contributed by atoms with Crippen LogP contribution in [0.4, 0.5) is 5.69 Å². The lowest BCUT2D eigenvalue weighted by molar-refractivity contribution is -0.116. The zero-order valence-electron chi connectivity index (χ0n) is 15.9. The Bertz CT molecular complexity index is 1060. The summed E-state index contributed by atoms with van der Waals surface area (Å²) in [7, 11) is 0. The van der Waals surface area contributed by atoms with E-state index in [9.17, 15) is 4.79 Å². The molecule has 148 valence electrons. The van der Waals surface area contributed by atoms with Crippen molar-refractivity contribution in [3.63, 3.8) is 0 Å². The van der Waals surface area contributed by atoms with E-state index < -0.39 is 0 Å². The summed E-state index contributed by atoms with van der Waals surface area (Å²) < 4.78 is 5.91. The second-order valence-electron chi connectivity index (χ2n) is 7.24. The van der Waals surface area contributed by atoms with Crippen LogP contribution in [-0.2, 0) is 4.79 Å². The molecule has 1 aliphatic heterocycles. The topological polar surface area (TPSA) is 82.2 Å².